The first-order chi connectivity index (χ1) is 64.6. The van der Waals surface area contributed by atoms with Crippen molar-refractivity contribution in [3.63, 3.8) is 0 Å². The Bertz CT molecular complexity index is 5930. The van der Waals surface area contributed by atoms with Gasteiger partial charge in [-0.05, 0) is 110 Å². The number of β-lactam (4-membered cyclic amide) rings is 1. The molecule has 0 radical (unpaired) electrons. The molecule has 24 N–H and O–H groups in total. The quantitative estimate of drug-likeness (QED) is 0.0119. The van der Waals surface area contributed by atoms with E-state index in [4.69, 9.17) is 85.3 Å². The predicted octanol–water partition coefficient (Wildman–Crippen LogP) is -0.546. The number of phenolic OH excluding ortho intramolecular Hbond substituents is 3. The van der Waals surface area contributed by atoms with Crippen LogP contribution in [0.2, 0.25) is 14.4 Å². The van der Waals surface area contributed by atoms with Gasteiger partial charge in [-0.15, -0.1) is 24.2 Å². The topological polar surface area (TPSA) is 676 Å². The lowest BCUT2D eigenvalue weighted by atomic mass is 9.86. The molecule has 5 aromatic carbocycles. The summed E-state index contributed by atoms with van der Waals surface area (Å²) in [5.74, 6) is -19.2. The average molecular weight is 2020 g/mol. The van der Waals surface area contributed by atoms with Gasteiger partial charge in [0, 0.05) is 71.1 Å². The Hall–Kier alpha value is -12.1. The number of halogens is 4. The monoisotopic (exact) mass is 2020 g/mol. The molecule has 2 aromatic heterocycles. The second-order valence-corrected chi connectivity index (χ2v) is 37.2. The number of nitrogen functional groups attached to an aromatic ring is 1. The van der Waals surface area contributed by atoms with Crippen LogP contribution in [0.5, 0.6) is 46.0 Å². The number of nitrogens with zero attached hydrogens (tertiary/aromatic N) is 4. The van der Waals surface area contributed by atoms with Gasteiger partial charge in [-0.2, -0.15) is 0 Å². The number of oxime groups is 1. The summed E-state index contributed by atoms with van der Waals surface area (Å²) in [5, 5.41) is 144. The van der Waals surface area contributed by atoms with Gasteiger partial charge < -0.3 is 154 Å². The number of pyridine rings is 1. The Kier molecular flexibility index (Phi) is 32.0. The maximum Gasteiger partial charge on any atom is 0.276 e. The third-order valence-electron chi connectivity index (χ3n) is 23.4. The number of likely N-dealkylation sites (N-methyl/N-ethyl adjacent to an activating group) is 1. The molecular weight excluding hydrogens is 1920 g/mol. The van der Waals surface area contributed by atoms with E-state index in [1.54, 1.807) is 49.0 Å². The largest absolute Gasteiger partial charge is 0.543 e. The van der Waals surface area contributed by atoms with Crippen LogP contribution in [0.25, 0.3) is 11.1 Å². The number of benzene rings is 5. The smallest absolute Gasteiger partial charge is 0.276 e. The highest BCUT2D eigenvalue weighted by molar-refractivity contribution is 8.00. The van der Waals surface area contributed by atoms with E-state index in [0.717, 1.165) is 83.0 Å². The number of carbonyl (C=O) groups is 11. The van der Waals surface area contributed by atoms with Crippen molar-refractivity contribution in [1.29, 1.82) is 0 Å². The molecule has 3 saturated heterocycles. The molecule has 10 amide bonds. The predicted molar refractivity (Wildman–Crippen MR) is 484 cm³/mol. The minimum Gasteiger partial charge on any atom is -0.543 e. The van der Waals surface area contributed by atoms with Gasteiger partial charge >= 0.3 is 0 Å². The van der Waals surface area contributed by atoms with Gasteiger partial charge in [0.05, 0.1) is 53.0 Å². The SMILES string of the molecule is CN[C@H](CC(C)C)C(=O)N[C@H]1C(=O)N[C@@H](CC(N)=O)C(=O)N[C@H]2C(=O)N[C@H]3C(=O)NC(C(=O)N[C@H](C(=O)NCCCO/N=C(\C(=O)N[C@@H]4C(=O)N5C(C(=O)[O-])=C(C[n+]6ccccc6)CS[C@H]45)c4nc(N)sc4Cl)c4cc(c(O)cc4O)-c4cc3ccc4O)[C@H](O)c3ccc(c(Cl)c3)Oc3cc2cc(c3O[C@@H]2O[C@H](CO)[C@@H](O)[C@H](O)[C@H]2O[C@H]2C[C@](C)(N)[C@H](O)[C@H](C)O2)Oc2ccc(cc2Cl)[C@H]1O.Cl. The molecule has 9 aliphatic rings. The number of aliphatic hydroxyl groups is 6. The molecule has 7 aromatic rings. The lowest BCUT2D eigenvalue weighted by Gasteiger charge is -2.50. The van der Waals surface area contributed by atoms with Crippen LogP contribution in [0.15, 0.2) is 126 Å². The molecule has 50 heteroatoms. The number of thiazole rings is 1. The summed E-state index contributed by atoms with van der Waals surface area (Å²) in [4.78, 5) is 173. The number of nitrogens with one attached hydrogen (secondary N) is 9. The maximum absolute atomic E-state index is 16.4. The molecule has 20 atom stereocenters. The van der Waals surface area contributed by atoms with E-state index in [9.17, 15) is 75.0 Å². The fraction of sp³-hybridized carbons (Fsp3) is 0.402. The number of ether oxygens (including phenoxy) is 6. The van der Waals surface area contributed by atoms with Crippen molar-refractivity contribution in [2.24, 2.45) is 22.5 Å². The van der Waals surface area contributed by atoms with Crippen LogP contribution >= 0.6 is 70.3 Å². The summed E-state index contributed by atoms with van der Waals surface area (Å²) in [7, 11) is 1.46. The number of aliphatic hydroxyl groups excluding tert-OH is 6. The van der Waals surface area contributed by atoms with E-state index in [0.29, 0.717) is 5.57 Å². The van der Waals surface area contributed by atoms with Crippen molar-refractivity contribution in [3.05, 3.63) is 169 Å². The van der Waals surface area contributed by atoms with Crippen molar-refractivity contribution in [2.45, 2.75) is 181 Å². The summed E-state index contributed by atoms with van der Waals surface area (Å²) in [6.07, 6.45) is -16.0. The van der Waals surface area contributed by atoms with Crippen molar-refractivity contribution < 1.29 is 142 Å². The molecule has 0 saturated carbocycles. The Labute approximate surface area is 807 Å². The number of anilines is 1. The summed E-state index contributed by atoms with van der Waals surface area (Å²) >= 11 is 22.8. The zero-order valence-corrected chi connectivity index (χ0v) is 77.7. The molecule has 1 unspecified atom stereocenters. The molecule has 16 rings (SSSR count). The number of primary amides is 1. The molecule has 44 nitrogen and oxygen atoms in total. The summed E-state index contributed by atoms with van der Waals surface area (Å²) in [6, 6.07) is 2.97. The van der Waals surface area contributed by atoms with Crippen LogP contribution in [0.1, 0.15) is 117 Å². The van der Waals surface area contributed by atoms with Crippen LogP contribution in [0.3, 0.4) is 0 Å². The first-order valence-electron chi connectivity index (χ1n) is 42.4. The normalized spacial score (nSPS) is 26.9. The number of carboxylic acids is 1. The minimum absolute atomic E-state index is 0. The number of phenols is 3. The first-order valence-corrected chi connectivity index (χ1v) is 45.4. The highest BCUT2D eigenvalue weighted by Crippen LogP contribution is 2.51. The molecule has 732 valence electrons. The molecule has 137 heavy (non-hydrogen) atoms. The lowest BCUT2D eigenvalue weighted by Crippen LogP contribution is -2.71. The van der Waals surface area contributed by atoms with Gasteiger partial charge in [-0.1, -0.05) is 89.4 Å². The number of amides is 10. The van der Waals surface area contributed by atoms with Gasteiger partial charge in [-0.3, -0.25) is 52.8 Å². The average Bonchev–Trinajstić information content (AvgIpc) is 0.822. The number of fused-ring (bicyclic) bond motifs is 17. The van der Waals surface area contributed by atoms with Gasteiger partial charge in [0.15, 0.2) is 53.7 Å². The number of hydrogen-bond acceptors (Lipinski definition) is 35. The Balaban J connectivity index is 0.0000159. The van der Waals surface area contributed by atoms with E-state index in [1.165, 1.54) is 44.8 Å². The number of aromatic nitrogens is 2. The number of thioether (sulfide) groups is 1. The van der Waals surface area contributed by atoms with E-state index >= 15 is 28.8 Å². The van der Waals surface area contributed by atoms with Crippen LogP contribution in [-0.4, -0.2) is 249 Å². The number of nitrogens with two attached hydrogens (primary N) is 3. The zero-order chi connectivity index (χ0) is 98.1. The fourth-order valence-corrected chi connectivity index (χ4v) is 19.1. The highest BCUT2D eigenvalue weighted by atomic mass is 35.5. The van der Waals surface area contributed by atoms with Gasteiger partial charge in [0.2, 0.25) is 59.3 Å². The number of carbonyl (C=O) groups excluding carboxylic acids is 11. The van der Waals surface area contributed by atoms with Crippen LogP contribution < -0.4 is 88.9 Å². The third kappa shape index (κ3) is 22.2. The molecular formula is C87H96Cl4N16O28S2. The second kappa shape index (κ2) is 42.9. The minimum atomic E-state index is -2.41. The van der Waals surface area contributed by atoms with E-state index in [2.05, 4.69) is 58.0 Å². The van der Waals surface area contributed by atoms with Crippen LogP contribution in [0.4, 0.5) is 5.13 Å². The van der Waals surface area contributed by atoms with Gasteiger partial charge in [-0.25, -0.2) is 9.55 Å². The van der Waals surface area contributed by atoms with Crippen molar-refractivity contribution >= 4 is 146 Å². The number of rotatable bonds is 24. The number of aliphatic carboxylic acids is 1. The Morgan fingerprint density at radius 1 is 0.752 bits per heavy atom. The number of aromatic hydroxyl groups is 3. The van der Waals surface area contributed by atoms with Crippen molar-refractivity contribution in [2.75, 3.05) is 38.3 Å². The molecule has 3 fully saturated rings. The molecule has 13 bridgehead atoms. The maximum atomic E-state index is 16.4. The van der Waals surface area contributed by atoms with Crippen LogP contribution in [-0.2, 0) is 78.3 Å². The van der Waals surface area contributed by atoms with Crippen molar-refractivity contribution in [1.82, 2.24) is 57.7 Å². The van der Waals surface area contributed by atoms with Gasteiger partial charge in [0.25, 0.3) is 11.8 Å². The summed E-state index contributed by atoms with van der Waals surface area (Å²) < 4.78 is 40.3. The first kappa shape index (κ1) is 102. The van der Waals surface area contributed by atoms with Crippen LogP contribution in [0, 0.1) is 5.92 Å². The molecule has 11 heterocycles. The Morgan fingerprint density at radius 3 is 2.01 bits per heavy atom. The van der Waals surface area contributed by atoms with E-state index < -0.39 is 290 Å². The fourth-order valence-electron chi connectivity index (χ4n) is 16.4. The van der Waals surface area contributed by atoms with E-state index in [-0.39, 0.29) is 93.2 Å². The number of carboxylic acid groups (broad SMARTS) is 1. The highest BCUT2D eigenvalue weighted by Gasteiger charge is 2.55. The second-order valence-electron chi connectivity index (χ2n) is 33.6. The number of hydrogen-bond donors (Lipinski definition) is 21. The zero-order valence-electron chi connectivity index (χ0n) is 73.0. The third-order valence-corrected chi connectivity index (χ3v) is 26.4. The lowest BCUT2D eigenvalue weighted by molar-refractivity contribution is -0.689. The molecule has 0 spiro atoms. The van der Waals surface area contributed by atoms with Gasteiger partial charge in [0.1, 0.15) is 124 Å². The summed E-state index contributed by atoms with van der Waals surface area (Å²) in [6.45, 7) is 4.80. The van der Waals surface area contributed by atoms with Crippen molar-refractivity contribution in [3.8, 4) is 57.1 Å². The van der Waals surface area contributed by atoms with E-state index in [1.807, 2.05) is 0 Å². The molecule has 0 aliphatic carbocycles. The Morgan fingerprint density at radius 2 is 1.39 bits per heavy atom. The standard InChI is InChI=1S/C87H95Cl3N16O28S2.ClH/c1-33(2)20-45(94-5)74(117)100-62-66(112)36-11-14-50(43(88)22-36)130-52-24-38-25-53(70(52)134-85-71(69(115)68(114)54(31-107)132-85)133-56-29-87(4,93)72(116)34(3)129-56)131-51-15-12-37(23-44(51)89)67(113)63-81(124)99-59(42-26-41(48(109)28-49(42)110)40-21-35(10-13-47(40)108)57(77(120)101-63)98-78(121)58(38)97-75(118)46(27-55(91)111)96-80(62)123)76(119)95-16-9-19-128-104-61(60-73(90)136-86(92)103-60)79(122)102-64-82(125)106-65(84(126)127)39(32-135-83(64)106)30-105-17-7-6-8-18-105;/h6-8,10-15,17-18,21-26,28,33-34,45-46,54,56-59,62-64,66-69,71-72,83,85,94,107,112-116H,9,16,19-20,27,29-32,93H2,1-5H3,(H15-,91,92,95,96,97,98,99,100,101,102,103,104,108,109,110,111,117,118,119,120,121,122,123,124,126,127);1H/t34-,45+,46-,54+,56-,57+,58+,59-,62+,63?,64+,66+,67+,68+,69-,71+,72+,83+,85-,87-;/m0./s1. The molecule has 9 aliphatic heterocycles. The summed E-state index contributed by atoms with van der Waals surface area (Å²) in [5.41, 5.74) is 13.2.